The van der Waals surface area contributed by atoms with Crippen LogP contribution in [0.1, 0.15) is 16.7 Å². The fourth-order valence-electron chi connectivity index (χ4n) is 3.17. The van der Waals surface area contributed by atoms with Crippen LogP contribution in [0.5, 0.6) is 11.5 Å². The predicted molar refractivity (Wildman–Crippen MR) is 114 cm³/mol. The van der Waals surface area contributed by atoms with Gasteiger partial charge in [0, 0.05) is 26.2 Å². The number of phenolic OH excluding ortho intramolecular Hbond substituents is 2. The lowest BCUT2D eigenvalue weighted by Crippen LogP contribution is -2.38. The Morgan fingerprint density at radius 1 is 0.759 bits per heavy atom. The summed E-state index contributed by atoms with van der Waals surface area (Å²) in [5.41, 5.74) is -0.260. The topological polar surface area (TPSA) is 94.8 Å². The zero-order valence-electron chi connectivity index (χ0n) is 14.3. The number of hydrogen-bond donors (Lipinski definition) is 3. The quantitative estimate of drug-likeness (QED) is 0.239. The van der Waals surface area contributed by atoms with Gasteiger partial charge in [-0.1, -0.05) is 70.7 Å². The minimum atomic E-state index is -5.03. The number of benzene rings is 3. The van der Waals surface area contributed by atoms with Gasteiger partial charge in [0.1, 0.15) is 0 Å². The summed E-state index contributed by atoms with van der Waals surface area (Å²) in [6, 6.07) is 11.9. The molecule has 1 unspecified atom stereocenters. The van der Waals surface area contributed by atoms with Crippen LogP contribution >= 0.6 is 46.4 Å². The molecule has 10 heteroatoms. The Morgan fingerprint density at radius 2 is 1.31 bits per heavy atom. The maximum Gasteiger partial charge on any atom is 0.283 e. The smallest absolute Gasteiger partial charge is 0.283 e. The lowest BCUT2D eigenvalue weighted by atomic mass is 9.83. The molecule has 152 valence electrons. The van der Waals surface area contributed by atoms with E-state index in [1.54, 1.807) is 0 Å². The highest BCUT2D eigenvalue weighted by Crippen LogP contribution is 2.51. The van der Waals surface area contributed by atoms with Crippen LogP contribution in [-0.2, 0) is 14.9 Å². The van der Waals surface area contributed by atoms with Crippen molar-refractivity contribution in [3.63, 3.8) is 0 Å². The molecule has 0 fully saturated rings. The maximum atomic E-state index is 13.0. The summed E-state index contributed by atoms with van der Waals surface area (Å²) in [5, 5.41) is 19.9. The summed E-state index contributed by atoms with van der Waals surface area (Å²) in [4.78, 5) is 0. The molecule has 0 bridgehead atoms. The van der Waals surface area contributed by atoms with Crippen LogP contribution in [0.3, 0.4) is 0 Å². The number of phenols is 2. The van der Waals surface area contributed by atoms with Gasteiger partial charge in [0.2, 0.25) is 0 Å². The monoisotopic (exact) mass is 492 g/mol. The maximum absolute atomic E-state index is 13.0. The van der Waals surface area contributed by atoms with E-state index in [1.165, 1.54) is 48.5 Å². The Kier molecular flexibility index (Phi) is 5.98. The standard InChI is InChI=1S/C19H12Cl4O5S/c20-11-3-1-10(2-4-11)19(29(26,27)28,13-6-5-12(21)9-15(13)22)14-7-8-16(24)18(25)17(14)23/h1-9,24-25H,(H,26,27,28). The van der Waals surface area contributed by atoms with E-state index in [2.05, 4.69) is 0 Å². The van der Waals surface area contributed by atoms with Crippen molar-refractivity contribution in [3.05, 3.63) is 91.4 Å². The number of hydrogen-bond acceptors (Lipinski definition) is 4. The van der Waals surface area contributed by atoms with Crippen molar-refractivity contribution in [2.45, 2.75) is 4.75 Å². The second-order valence-electron chi connectivity index (χ2n) is 6.08. The van der Waals surface area contributed by atoms with Gasteiger partial charge in [0.05, 0.1) is 5.02 Å². The van der Waals surface area contributed by atoms with E-state index in [9.17, 15) is 23.2 Å². The summed E-state index contributed by atoms with van der Waals surface area (Å²) >= 11 is 24.5. The molecule has 3 aromatic carbocycles. The molecule has 0 radical (unpaired) electrons. The molecule has 0 heterocycles. The van der Waals surface area contributed by atoms with Crippen LogP contribution in [0.2, 0.25) is 20.1 Å². The zero-order valence-corrected chi connectivity index (χ0v) is 18.1. The van der Waals surface area contributed by atoms with Gasteiger partial charge in [-0.3, -0.25) is 4.55 Å². The van der Waals surface area contributed by atoms with Crippen molar-refractivity contribution in [2.75, 3.05) is 0 Å². The van der Waals surface area contributed by atoms with Gasteiger partial charge in [0.25, 0.3) is 10.1 Å². The highest BCUT2D eigenvalue weighted by Gasteiger charge is 2.51. The molecule has 29 heavy (non-hydrogen) atoms. The molecule has 1 atom stereocenters. The molecule has 3 aromatic rings. The third kappa shape index (κ3) is 3.65. The minimum Gasteiger partial charge on any atom is -0.504 e. The predicted octanol–water partition coefficient (Wildman–Crippen LogP) is 5.89. The fraction of sp³-hybridized carbons (Fsp3) is 0.0526. The third-order valence-corrected chi connectivity index (χ3v) is 7.05. The zero-order chi connectivity index (χ0) is 21.6. The van der Waals surface area contributed by atoms with Gasteiger partial charge in [0.15, 0.2) is 16.2 Å². The molecule has 0 spiro atoms. The minimum absolute atomic E-state index is 0.0422. The lowest BCUT2D eigenvalue weighted by molar-refractivity contribution is 0.402. The van der Waals surface area contributed by atoms with E-state index in [0.717, 1.165) is 6.07 Å². The Morgan fingerprint density at radius 3 is 1.86 bits per heavy atom. The Hall–Kier alpha value is -1.67. The van der Waals surface area contributed by atoms with E-state index < -0.39 is 31.4 Å². The van der Waals surface area contributed by atoms with Crippen molar-refractivity contribution >= 4 is 56.5 Å². The molecule has 3 rings (SSSR count). The molecule has 0 saturated carbocycles. The van der Waals surface area contributed by atoms with Crippen molar-refractivity contribution in [1.82, 2.24) is 0 Å². The van der Waals surface area contributed by atoms with Gasteiger partial charge < -0.3 is 10.2 Å². The highest BCUT2D eigenvalue weighted by atomic mass is 35.5. The third-order valence-electron chi connectivity index (χ3n) is 4.42. The van der Waals surface area contributed by atoms with Gasteiger partial charge in [-0.15, -0.1) is 0 Å². The van der Waals surface area contributed by atoms with E-state index in [0.29, 0.717) is 5.02 Å². The fourth-order valence-corrected chi connectivity index (χ4v) is 5.60. The summed E-state index contributed by atoms with van der Waals surface area (Å²) in [7, 11) is -5.03. The molecule has 0 aliphatic rings. The van der Waals surface area contributed by atoms with Crippen LogP contribution < -0.4 is 0 Å². The van der Waals surface area contributed by atoms with E-state index >= 15 is 0 Å². The van der Waals surface area contributed by atoms with Crippen LogP contribution in [0.4, 0.5) is 0 Å². The van der Waals surface area contributed by atoms with Gasteiger partial charge >= 0.3 is 0 Å². The molecule has 0 saturated heterocycles. The average Bonchev–Trinajstić information content (AvgIpc) is 2.63. The Labute approximate surface area is 186 Å². The molecular formula is C19H12Cl4O5S. The summed E-state index contributed by atoms with van der Waals surface area (Å²) < 4.78 is 34.0. The largest absolute Gasteiger partial charge is 0.504 e. The van der Waals surface area contributed by atoms with Crippen molar-refractivity contribution in [3.8, 4) is 11.5 Å². The van der Waals surface area contributed by atoms with Crippen molar-refractivity contribution in [1.29, 1.82) is 0 Å². The second-order valence-corrected chi connectivity index (χ2v) is 9.30. The van der Waals surface area contributed by atoms with Crippen LogP contribution in [0, 0.1) is 0 Å². The van der Waals surface area contributed by atoms with Crippen molar-refractivity contribution in [2.24, 2.45) is 0 Å². The first kappa shape index (κ1) is 22.0. The Bertz CT molecular complexity index is 1200. The number of halogens is 4. The average molecular weight is 494 g/mol. The van der Waals surface area contributed by atoms with Crippen molar-refractivity contribution < 1.29 is 23.2 Å². The summed E-state index contributed by atoms with van der Waals surface area (Å²) in [5.74, 6) is -1.32. The number of aromatic hydroxyl groups is 2. The van der Waals surface area contributed by atoms with Gasteiger partial charge in [-0.2, -0.15) is 8.42 Å². The molecule has 0 aliphatic heterocycles. The lowest BCUT2D eigenvalue weighted by Gasteiger charge is -2.34. The molecule has 0 aromatic heterocycles. The van der Waals surface area contributed by atoms with Crippen LogP contribution in [-0.4, -0.2) is 23.2 Å². The summed E-state index contributed by atoms with van der Waals surface area (Å²) in [6.45, 7) is 0. The Balaban J connectivity index is 2.59. The molecule has 0 aliphatic carbocycles. The first-order chi connectivity index (χ1) is 13.5. The second kappa shape index (κ2) is 7.87. The number of rotatable bonds is 4. The summed E-state index contributed by atoms with van der Waals surface area (Å²) in [6.07, 6.45) is 0. The van der Waals surface area contributed by atoms with Crippen LogP contribution in [0.15, 0.2) is 54.6 Å². The van der Waals surface area contributed by atoms with E-state index in [-0.39, 0.29) is 26.7 Å². The molecule has 3 N–H and O–H groups in total. The highest BCUT2D eigenvalue weighted by molar-refractivity contribution is 7.87. The van der Waals surface area contributed by atoms with Gasteiger partial charge in [-0.05, 0) is 35.9 Å². The first-order valence-corrected chi connectivity index (χ1v) is 10.8. The van der Waals surface area contributed by atoms with E-state index in [1.807, 2.05) is 0 Å². The molecular weight excluding hydrogens is 482 g/mol. The molecule has 5 nitrogen and oxygen atoms in total. The first-order valence-electron chi connectivity index (χ1n) is 7.89. The normalized spacial score (nSPS) is 13.8. The SMILES string of the molecule is O=S(=O)(O)C(c1ccc(Cl)cc1)(c1ccc(Cl)cc1Cl)c1ccc(O)c(O)c1Cl. The van der Waals surface area contributed by atoms with Crippen LogP contribution in [0.25, 0.3) is 0 Å². The van der Waals surface area contributed by atoms with E-state index in [4.69, 9.17) is 46.4 Å². The van der Waals surface area contributed by atoms with Gasteiger partial charge in [-0.25, -0.2) is 0 Å². The molecule has 0 amide bonds.